The standard InChI is InChI=1S/C10H9NO4S/c1-15-10(12)8-6-7-4-2-3-5-9(7)16(13,14)11-8/h2-6,11H,1H3. The highest BCUT2D eigenvalue weighted by Gasteiger charge is 2.26. The number of esters is 1. The number of rotatable bonds is 1. The van der Waals surface area contributed by atoms with E-state index in [1.807, 2.05) is 0 Å². The van der Waals surface area contributed by atoms with Crippen molar-refractivity contribution in [2.45, 2.75) is 4.90 Å². The van der Waals surface area contributed by atoms with Crippen LogP contribution in [0.3, 0.4) is 0 Å². The van der Waals surface area contributed by atoms with E-state index in [2.05, 4.69) is 9.46 Å². The summed E-state index contributed by atoms with van der Waals surface area (Å²) in [6, 6.07) is 6.42. The number of hydrogen-bond acceptors (Lipinski definition) is 4. The SMILES string of the molecule is COC(=O)C1=Cc2ccccc2S(=O)(=O)N1. The number of nitrogens with one attached hydrogen (secondary N) is 1. The van der Waals surface area contributed by atoms with Crippen molar-refractivity contribution < 1.29 is 17.9 Å². The molecule has 1 N–H and O–H groups in total. The van der Waals surface area contributed by atoms with Crippen LogP contribution in [-0.4, -0.2) is 21.5 Å². The summed E-state index contributed by atoms with van der Waals surface area (Å²) < 4.78 is 30.1. The van der Waals surface area contributed by atoms with Crippen molar-refractivity contribution >= 4 is 22.1 Å². The van der Waals surface area contributed by atoms with Crippen molar-refractivity contribution in [2.75, 3.05) is 7.11 Å². The fourth-order valence-electron chi connectivity index (χ4n) is 1.44. The zero-order chi connectivity index (χ0) is 11.8. The molecule has 5 nitrogen and oxygen atoms in total. The summed E-state index contributed by atoms with van der Waals surface area (Å²) in [6.45, 7) is 0. The van der Waals surface area contributed by atoms with Gasteiger partial charge in [-0.25, -0.2) is 13.2 Å². The molecule has 1 heterocycles. The summed E-state index contributed by atoms with van der Waals surface area (Å²) in [5.41, 5.74) is 0.392. The van der Waals surface area contributed by atoms with E-state index >= 15 is 0 Å². The first-order valence-corrected chi connectivity index (χ1v) is 5.95. The van der Waals surface area contributed by atoms with Gasteiger partial charge in [0.25, 0.3) is 10.0 Å². The Labute approximate surface area is 92.8 Å². The Morgan fingerprint density at radius 1 is 1.31 bits per heavy atom. The number of fused-ring (bicyclic) bond motifs is 1. The van der Waals surface area contributed by atoms with E-state index in [0.29, 0.717) is 5.56 Å². The van der Waals surface area contributed by atoms with E-state index in [4.69, 9.17) is 0 Å². The molecule has 0 aromatic heterocycles. The van der Waals surface area contributed by atoms with Crippen LogP contribution in [0.1, 0.15) is 5.56 Å². The third-order valence-corrected chi connectivity index (χ3v) is 3.60. The Morgan fingerprint density at radius 2 is 2.00 bits per heavy atom. The van der Waals surface area contributed by atoms with E-state index in [0.717, 1.165) is 0 Å². The maximum absolute atomic E-state index is 11.7. The third-order valence-electron chi connectivity index (χ3n) is 2.16. The van der Waals surface area contributed by atoms with Gasteiger partial charge in [-0.15, -0.1) is 0 Å². The molecule has 84 valence electrons. The fourth-order valence-corrected chi connectivity index (χ4v) is 2.68. The summed E-state index contributed by atoms with van der Waals surface area (Å²) in [6.07, 6.45) is 1.45. The van der Waals surface area contributed by atoms with Crippen molar-refractivity contribution in [1.29, 1.82) is 0 Å². The lowest BCUT2D eigenvalue weighted by Gasteiger charge is -2.16. The van der Waals surface area contributed by atoms with Gasteiger partial charge in [0.05, 0.1) is 12.0 Å². The van der Waals surface area contributed by atoms with Gasteiger partial charge in [-0.2, -0.15) is 0 Å². The average molecular weight is 239 g/mol. The van der Waals surface area contributed by atoms with E-state index in [-0.39, 0.29) is 10.6 Å². The maximum Gasteiger partial charge on any atom is 0.355 e. The molecule has 0 amide bonds. The highest BCUT2D eigenvalue weighted by atomic mass is 32.2. The van der Waals surface area contributed by atoms with E-state index in [9.17, 15) is 13.2 Å². The molecule has 2 rings (SSSR count). The molecule has 0 unspecified atom stereocenters. The topological polar surface area (TPSA) is 72.5 Å². The molecular weight excluding hydrogens is 230 g/mol. The number of hydrogen-bond donors (Lipinski definition) is 1. The minimum Gasteiger partial charge on any atom is -0.464 e. The van der Waals surface area contributed by atoms with Crippen molar-refractivity contribution in [2.24, 2.45) is 0 Å². The quantitative estimate of drug-likeness (QED) is 0.724. The summed E-state index contributed by atoms with van der Waals surface area (Å²) >= 11 is 0. The van der Waals surface area contributed by atoms with Gasteiger partial charge in [0.15, 0.2) is 0 Å². The van der Waals surface area contributed by atoms with Crippen LogP contribution in [0.2, 0.25) is 0 Å². The van der Waals surface area contributed by atoms with E-state index in [1.165, 1.54) is 19.3 Å². The lowest BCUT2D eigenvalue weighted by molar-refractivity contribution is -0.136. The van der Waals surface area contributed by atoms with Crippen LogP contribution in [0.25, 0.3) is 6.08 Å². The molecule has 0 aliphatic carbocycles. The Hall–Kier alpha value is -1.82. The average Bonchev–Trinajstić information content (AvgIpc) is 2.27. The molecule has 0 saturated heterocycles. The Morgan fingerprint density at radius 3 is 2.69 bits per heavy atom. The molecule has 1 aliphatic heterocycles. The lowest BCUT2D eigenvalue weighted by Crippen LogP contribution is -2.31. The van der Waals surface area contributed by atoms with Gasteiger partial charge >= 0.3 is 5.97 Å². The third kappa shape index (κ3) is 1.67. The van der Waals surface area contributed by atoms with Gasteiger partial charge in [-0.05, 0) is 17.7 Å². The van der Waals surface area contributed by atoms with Gasteiger partial charge in [0, 0.05) is 0 Å². The molecule has 1 aromatic carbocycles. The molecule has 1 aromatic rings. The molecule has 6 heteroatoms. The number of ether oxygens (including phenoxy) is 1. The predicted octanol–water partition coefficient (Wildman–Crippen LogP) is 0.492. The first kappa shape index (κ1) is 10.7. The van der Waals surface area contributed by atoms with Crippen LogP contribution < -0.4 is 4.72 Å². The van der Waals surface area contributed by atoms with Gasteiger partial charge in [0.2, 0.25) is 0 Å². The van der Waals surface area contributed by atoms with E-state index < -0.39 is 16.0 Å². The highest BCUT2D eigenvalue weighted by molar-refractivity contribution is 7.89. The van der Waals surface area contributed by atoms with Gasteiger partial charge in [0.1, 0.15) is 5.70 Å². The number of methoxy groups -OCH3 is 1. The van der Waals surface area contributed by atoms with Crippen LogP contribution in [0, 0.1) is 0 Å². The zero-order valence-corrected chi connectivity index (χ0v) is 9.24. The highest BCUT2D eigenvalue weighted by Crippen LogP contribution is 2.23. The summed E-state index contributed by atoms with van der Waals surface area (Å²) in [5, 5.41) is 0. The molecule has 0 fully saturated rings. The van der Waals surface area contributed by atoms with Crippen LogP contribution in [0.5, 0.6) is 0 Å². The second kappa shape index (κ2) is 3.64. The molecule has 0 radical (unpaired) electrons. The van der Waals surface area contributed by atoms with Crippen molar-refractivity contribution in [3.8, 4) is 0 Å². The summed E-state index contributed by atoms with van der Waals surface area (Å²) in [5.74, 6) is -0.710. The Bertz CT molecular complexity index is 574. The molecular formula is C10H9NO4S. The lowest BCUT2D eigenvalue weighted by atomic mass is 10.2. The summed E-state index contributed by atoms with van der Waals surface area (Å²) in [4.78, 5) is 11.4. The van der Waals surface area contributed by atoms with Gasteiger partial charge in [-0.3, -0.25) is 4.72 Å². The Balaban J connectivity index is 2.61. The zero-order valence-electron chi connectivity index (χ0n) is 8.43. The van der Waals surface area contributed by atoms with Gasteiger partial charge in [-0.1, -0.05) is 18.2 Å². The molecule has 0 bridgehead atoms. The normalized spacial score (nSPS) is 16.7. The minimum atomic E-state index is -3.67. The first-order chi connectivity index (χ1) is 7.54. The molecule has 0 atom stereocenters. The number of sulfonamides is 1. The molecule has 0 saturated carbocycles. The molecule has 1 aliphatic rings. The maximum atomic E-state index is 11.7. The predicted molar refractivity (Wildman–Crippen MR) is 56.8 cm³/mol. The number of carbonyl (C=O) groups is 1. The first-order valence-electron chi connectivity index (χ1n) is 4.46. The minimum absolute atomic E-state index is 0.0822. The monoisotopic (exact) mass is 239 g/mol. The number of benzene rings is 1. The van der Waals surface area contributed by atoms with Crippen LogP contribution in [-0.2, 0) is 19.6 Å². The second-order valence-corrected chi connectivity index (χ2v) is 4.84. The van der Waals surface area contributed by atoms with Crippen LogP contribution >= 0.6 is 0 Å². The van der Waals surface area contributed by atoms with Crippen molar-refractivity contribution in [3.05, 3.63) is 35.5 Å². The molecule has 16 heavy (non-hydrogen) atoms. The summed E-state index contributed by atoms with van der Waals surface area (Å²) in [7, 11) is -2.47. The van der Waals surface area contributed by atoms with Gasteiger partial charge < -0.3 is 4.74 Å². The largest absolute Gasteiger partial charge is 0.464 e. The van der Waals surface area contributed by atoms with Crippen LogP contribution in [0.4, 0.5) is 0 Å². The fraction of sp³-hybridized carbons (Fsp3) is 0.100. The number of carbonyl (C=O) groups excluding carboxylic acids is 1. The van der Waals surface area contributed by atoms with Crippen molar-refractivity contribution in [1.82, 2.24) is 4.72 Å². The smallest absolute Gasteiger partial charge is 0.355 e. The molecule has 0 spiro atoms. The Kier molecular flexibility index (Phi) is 2.43. The van der Waals surface area contributed by atoms with E-state index in [1.54, 1.807) is 18.2 Å². The second-order valence-electron chi connectivity index (χ2n) is 3.19. The van der Waals surface area contributed by atoms with Crippen LogP contribution in [0.15, 0.2) is 34.9 Å². The van der Waals surface area contributed by atoms with Crippen molar-refractivity contribution in [3.63, 3.8) is 0 Å².